The summed E-state index contributed by atoms with van der Waals surface area (Å²) >= 11 is 1.59. The van der Waals surface area contributed by atoms with E-state index in [4.69, 9.17) is 5.73 Å². The summed E-state index contributed by atoms with van der Waals surface area (Å²) in [7, 11) is 0. The maximum absolute atomic E-state index is 11.7. The van der Waals surface area contributed by atoms with Crippen molar-refractivity contribution >= 4 is 39.3 Å². The van der Waals surface area contributed by atoms with E-state index in [1.807, 2.05) is 13.8 Å². The Balaban J connectivity index is 1.92. The van der Waals surface area contributed by atoms with Crippen molar-refractivity contribution in [3.8, 4) is 0 Å². The van der Waals surface area contributed by atoms with Crippen LogP contribution >= 0.6 is 11.3 Å². The van der Waals surface area contributed by atoms with E-state index >= 15 is 0 Å². The minimum Gasteiger partial charge on any atom is -0.352 e. The molecule has 0 radical (unpaired) electrons. The lowest BCUT2D eigenvalue weighted by Crippen LogP contribution is -2.33. The molecule has 0 atom stereocenters. The first-order valence-corrected chi connectivity index (χ1v) is 7.59. The molecule has 0 fully saturated rings. The molecule has 0 saturated carbocycles. The summed E-state index contributed by atoms with van der Waals surface area (Å²) in [6, 6.07) is -0.592. The number of carbonyl (C=O) groups is 2. The summed E-state index contributed by atoms with van der Waals surface area (Å²) in [5, 5.41) is 3.35. The van der Waals surface area contributed by atoms with Crippen molar-refractivity contribution in [3.05, 3.63) is 16.8 Å². The first kappa shape index (κ1) is 16.0. The third-order valence-corrected chi connectivity index (χ3v) is 4.28. The Morgan fingerprint density at radius 1 is 1.32 bits per heavy atom. The van der Waals surface area contributed by atoms with Gasteiger partial charge in [-0.1, -0.05) is 0 Å². The fraction of sp³-hybridized carbons (Fsp3) is 0.385. The van der Waals surface area contributed by atoms with Gasteiger partial charge in [-0.2, -0.15) is 0 Å². The lowest BCUT2D eigenvalue weighted by Gasteiger charge is -2.09. The molecule has 0 saturated heterocycles. The number of nitrogens with zero attached hydrogens (tertiary/aromatic N) is 2. The van der Waals surface area contributed by atoms with Gasteiger partial charge in [0.15, 0.2) is 5.82 Å². The Bertz CT molecular complexity index is 699. The molecule has 0 aromatic carbocycles. The lowest BCUT2D eigenvalue weighted by molar-refractivity contribution is -0.120. The largest absolute Gasteiger partial charge is 0.352 e. The summed E-state index contributed by atoms with van der Waals surface area (Å²) in [6.45, 7) is 4.39. The average Bonchev–Trinajstić information content (AvgIpc) is 2.77. The number of fused-ring (bicyclic) bond motifs is 1. The molecule has 2 rings (SSSR count). The second-order valence-electron chi connectivity index (χ2n) is 4.75. The normalized spacial score (nSPS) is 10.5. The van der Waals surface area contributed by atoms with Gasteiger partial charge in [-0.05, 0) is 25.8 Å². The summed E-state index contributed by atoms with van der Waals surface area (Å²) < 4.78 is 0. The van der Waals surface area contributed by atoms with E-state index in [1.54, 1.807) is 11.3 Å². The number of aromatic nitrogens is 2. The predicted molar refractivity (Wildman–Crippen MR) is 85.5 cm³/mol. The van der Waals surface area contributed by atoms with Crippen molar-refractivity contribution in [2.45, 2.75) is 26.7 Å². The molecule has 3 amide bonds. The van der Waals surface area contributed by atoms with E-state index < -0.39 is 6.03 Å². The molecule has 0 aliphatic rings. The van der Waals surface area contributed by atoms with Crippen LogP contribution in [0.4, 0.5) is 10.6 Å². The standard InChI is InChI=1S/C13H18N6O2S/c1-7-8(2)22-12-10(7)11(16-6-17-12)19-18-9(20)4-3-5-15-13(14)21/h6H,3-5H2,1-2H3,(H,18,20)(H3,14,15,21)(H,16,17,19). The van der Waals surface area contributed by atoms with E-state index in [9.17, 15) is 9.59 Å². The Morgan fingerprint density at radius 3 is 2.82 bits per heavy atom. The van der Waals surface area contributed by atoms with Crippen LogP contribution in [0.15, 0.2) is 6.33 Å². The minimum absolute atomic E-state index is 0.192. The van der Waals surface area contributed by atoms with Crippen molar-refractivity contribution in [1.29, 1.82) is 0 Å². The van der Waals surface area contributed by atoms with Crippen LogP contribution in [0.3, 0.4) is 0 Å². The maximum atomic E-state index is 11.7. The number of carbonyl (C=O) groups excluding carboxylic acids is 2. The third kappa shape index (κ3) is 3.82. The molecule has 0 aliphatic heterocycles. The monoisotopic (exact) mass is 322 g/mol. The SMILES string of the molecule is Cc1sc2ncnc(NNC(=O)CCCNC(N)=O)c2c1C. The van der Waals surface area contributed by atoms with Gasteiger partial charge >= 0.3 is 6.03 Å². The number of nitrogens with one attached hydrogen (secondary N) is 3. The molecule has 0 unspecified atom stereocenters. The zero-order valence-electron chi connectivity index (χ0n) is 12.4. The second-order valence-corrected chi connectivity index (χ2v) is 5.96. The van der Waals surface area contributed by atoms with Gasteiger partial charge in [-0.3, -0.25) is 15.6 Å². The van der Waals surface area contributed by atoms with Crippen LogP contribution in [0.2, 0.25) is 0 Å². The summed E-state index contributed by atoms with van der Waals surface area (Å²) in [6.07, 6.45) is 2.23. The molecular weight excluding hydrogens is 304 g/mol. The number of rotatable bonds is 6. The minimum atomic E-state index is -0.592. The van der Waals surface area contributed by atoms with Gasteiger partial charge in [0, 0.05) is 17.8 Å². The first-order chi connectivity index (χ1) is 10.5. The van der Waals surface area contributed by atoms with Crippen molar-refractivity contribution in [2.24, 2.45) is 5.73 Å². The first-order valence-electron chi connectivity index (χ1n) is 6.78. The zero-order valence-corrected chi connectivity index (χ0v) is 13.2. The van der Waals surface area contributed by atoms with Crippen molar-refractivity contribution in [1.82, 2.24) is 20.7 Å². The third-order valence-electron chi connectivity index (χ3n) is 3.17. The smallest absolute Gasteiger partial charge is 0.312 e. The van der Waals surface area contributed by atoms with Crippen LogP contribution in [-0.4, -0.2) is 28.5 Å². The lowest BCUT2D eigenvalue weighted by atomic mass is 10.2. The number of urea groups is 1. The number of amides is 3. The van der Waals surface area contributed by atoms with E-state index in [-0.39, 0.29) is 12.3 Å². The van der Waals surface area contributed by atoms with Gasteiger partial charge in [0.05, 0.1) is 5.39 Å². The van der Waals surface area contributed by atoms with Crippen LogP contribution < -0.4 is 21.9 Å². The molecule has 2 heterocycles. The highest BCUT2D eigenvalue weighted by Crippen LogP contribution is 2.31. The fourth-order valence-electron chi connectivity index (χ4n) is 1.93. The van der Waals surface area contributed by atoms with Gasteiger partial charge < -0.3 is 11.1 Å². The molecule has 22 heavy (non-hydrogen) atoms. The molecule has 5 N–H and O–H groups in total. The predicted octanol–water partition coefficient (Wildman–Crippen LogP) is 1.20. The Labute approximate surface area is 131 Å². The molecule has 118 valence electrons. The van der Waals surface area contributed by atoms with Crippen LogP contribution in [0.1, 0.15) is 23.3 Å². The van der Waals surface area contributed by atoms with Crippen LogP contribution in [0.5, 0.6) is 0 Å². The molecule has 9 heteroatoms. The van der Waals surface area contributed by atoms with E-state index in [0.29, 0.717) is 18.8 Å². The molecule has 8 nitrogen and oxygen atoms in total. The van der Waals surface area contributed by atoms with Gasteiger partial charge in [0.25, 0.3) is 0 Å². The summed E-state index contributed by atoms with van der Waals surface area (Å²) in [5.74, 6) is 0.387. The number of thiophene rings is 1. The number of hydrazine groups is 1. The van der Waals surface area contributed by atoms with E-state index in [1.165, 1.54) is 11.2 Å². The maximum Gasteiger partial charge on any atom is 0.312 e. The van der Waals surface area contributed by atoms with Crippen molar-refractivity contribution in [2.75, 3.05) is 12.0 Å². The summed E-state index contributed by atoms with van der Waals surface area (Å²) in [4.78, 5) is 32.7. The van der Waals surface area contributed by atoms with Gasteiger partial charge in [-0.25, -0.2) is 14.8 Å². The Kier molecular flexibility index (Phi) is 5.10. The number of hydrogen-bond acceptors (Lipinski definition) is 6. The quantitative estimate of drug-likeness (QED) is 0.470. The second kappa shape index (κ2) is 7.03. The van der Waals surface area contributed by atoms with Crippen LogP contribution in [0, 0.1) is 13.8 Å². The molecule has 0 aliphatic carbocycles. The topological polar surface area (TPSA) is 122 Å². The highest BCUT2D eigenvalue weighted by molar-refractivity contribution is 7.18. The average molecular weight is 322 g/mol. The highest BCUT2D eigenvalue weighted by Gasteiger charge is 2.12. The van der Waals surface area contributed by atoms with Crippen LogP contribution in [0.25, 0.3) is 10.2 Å². The molecule has 0 bridgehead atoms. The van der Waals surface area contributed by atoms with Crippen molar-refractivity contribution in [3.63, 3.8) is 0 Å². The van der Waals surface area contributed by atoms with E-state index in [2.05, 4.69) is 26.1 Å². The summed E-state index contributed by atoms with van der Waals surface area (Å²) in [5.41, 5.74) is 11.5. The highest BCUT2D eigenvalue weighted by atomic mass is 32.1. The van der Waals surface area contributed by atoms with Gasteiger partial charge in [-0.15, -0.1) is 11.3 Å². The Hall–Kier alpha value is -2.42. The number of anilines is 1. The van der Waals surface area contributed by atoms with Crippen molar-refractivity contribution < 1.29 is 9.59 Å². The number of primary amides is 1. The number of nitrogens with two attached hydrogens (primary N) is 1. The fourth-order valence-corrected chi connectivity index (χ4v) is 2.93. The van der Waals surface area contributed by atoms with Crippen LogP contribution in [-0.2, 0) is 4.79 Å². The van der Waals surface area contributed by atoms with Gasteiger partial charge in [0.1, 0.15) is 11.2 Å². The van der Waals surface area contributed by atoms with E-state index in [0.717, 1.165) is 15.8 Å². The number of aryl methyl sites for hydroxylation is 2. The zero-order chi connectivity index (χ0) is 16.1. The molecule has 2 aromatic heterocycles. The molecular formula is C13H18N6O2S. The molecule has 0 spiro atoms. The number of hydrogen-bond donors (Lipinski definition) is 4. The van der Waals surface area contributed by atoms with Gasteiger partial charge in [0.2, 0.25) is 5.91 Å². The molecule has 2 aromatic rings. The Morgan fingerprint density at radius 2 is 2.09 bits per heavy atom.